The third-order valence-corrected chi connectivity index (χ3v) is 5.02. The first-order valence-corrected chi connectivity index (χ1v) is 9.89. The van der Waals surface area contributed by atoms with Gasteiger partial charge in [-0.3, -0.25) is 14.1 Å². The zero-order valence-electron chi connectivity index (χ0n) is 14.1. The Morgan fingerprint density at radius 3 is 2.52 bits per heavy atom. The van der Waals surface area contributed by atoms with Crippen LogP contribution in [-0.2, 0) is 21.4 Å². The second kappa shape index (κ2) is 8.31. The van der Waals surface area contributed by atoms with E-state index in [2.05, 4.69) is 10.3 Å². The maximum atomic E-state index is 12.1. The highest BCUT2D eigenvalue weighted by molar-refractivity contribution is 7.92. The van der Waals surface area contributed by atoms with Gasteiger partial charge in [0.15, 0.2) is 0 Å². The number of aryl methyl sites for hydroxylation is 1. The van der Waals surface area contributed by atoms with Gasteiger partial charge in [-0.05, 0) is 48.4 Å². The number of aromatic nitrogens is 1. The number of pyridine rings is 1. The molecule has 0 radical (unpaired) electrons. The van der Waals surface area contributed by atoms with Crippen LogP contribution in [0.15, 0.2) is 42.7 Å². The van der Waals surface area contributed by atoms with Gasteiger partial charge >= 0.3 is 0 Å². The predicted molar refractivity (Wildman–Crippen MR) is 99.1 cm³/mol. The fourth-order valence-electron chi connectivity index (χ4n) is 2.36. The molecule has 0 atom stereocenters. The first-order valence-electron chi connectivity index (χ1n) is 7.67. The normalized spacial score (nSPS) is 11.2. The first-order chi connectivity index (χ1) is 11.8. The van der Waals surface area contributed by atoms with Crippen molar-refractivity contribution in [2.75, 3.05) is 17.1 Å². The largest absolute Gasteiger partial charge is 0.352 e. The summed E-state index contributed by atoms with van der Waals surface area (Å²) >= 11 is 5.93. The van der Waals surface area contributed by atoms with E-state index in [4.69, 9.17) is 11.6 Å². The molecule has 0 aliphatic carbocycles. The molecule has 2 rings (SSSR count). The van der Waals surface area contributed by atoms with Crippen molar-refractivity contribution < 1.29 is 13.2 Å². The molecule has 0 unspecified atom stereocenters. The first kappa shape index (κ1) is 19.2. The number of halogens is 1. The van der Waals surface area contributed by atoms with E-state index in [0.717, 1.165) is 17.4 Å². The molecule has 0 spiro atoms. The number of amides is 1. The molecule has 1 aromatic heterocycles. The van der Waals surface area contributed by atoms with Gasteiger partial charge in [0.1, 0.15) is 0 Å². The third-order valence-electron chi connectivity index (χ3n) is 3.61. The minimum Gasteiger partial charge on any atom is -0.352 e. The lowest BCUT2D eigenvalue weighted by molar-refractivity contribution is -0.121. The SMILES string of the molecule is Cc1cc(Cl)ccc1N(CCC(=O)NCc1ccncc1)S(C)(=O)=O. The quantitative estimate of drug-likeness (QED) is 0.799. The average molecular weight is 382 g/mol. The second-order valence-electron chi connectivity index (χ2n) is 5.65. The van der Waals surface area contributed by atoms with Crippen LogP contribution in [0.1, 0.15) is 17.5 Å². The van der Waals surface area contributed by atoms with Crippen LogP contribution in [0.5, 0.6) is 0 Å². The molecule has 2 aromatic rings. The third kappa shape index (κ3) is 5.72. The van der Waals surface area contributed by atoms with Gasteiger partial charge in [0.25, 0.3) is 0 Å². The van der Waals surface area contributed by atoms with Crippen molar-refractivity contribution in [3.63, 3.8) is 0 Å². The Morgan fingerprint density at radius 2 is 1.92 bits per heavy atom. The molecule has 1 aromatic carbocycles. The van der Waals surface area contributed by atoms with Crippen LogP contribution in [-0.4, -0.2) is 32.1 Å². The minimum atomic E-state index is -3.51. The number of carbonyl (C=O) groups is 1. The van der Waals surface area contributed by atoms with E-state index in [-0.39, 0.29) is 18.9 Å². The van der Waals surface area contributed by atoms with Gasteiger partial charge in [-0.2, -0.15) is 0 Å². The summed E-state index contributed by atoms with van der Waals surface area (Å²) in [5.41, 5.74) is 2.18. The van der Waals surface area contributed by atoms with E-state index in [1.54, 1.807) is 49.6 Å². The molecule has 0 saturated heterocycles. The Hall–Kier alpha value is -2.12. The molecule has 8 heteroatoms. The van der Waals surface area contributed by atoms with Gasteiger partial charge in [0, 0.05) is 36.9 Å². The van der Waals surface area contributed by atoms with E-state index in [0.29, 0.717) is 17.3 Å². The predicted octanol–water partition coefficient (Wildman–Crippen LogP) is 2.52. The van der Waals surface area contributed by atoms with Crippen molar-refractivity contribution in [2.45, 2.75) is 19.9 Å². The standard InChI is InChI=1S/C17H20ClN3O3S/c1-13-11-15(18)3-4-16(13)21(25(2,23)24)10-7-17(22)20-12-14-5-8-19-9-6-14/h3-6,8-9,11H,7,10,12H2,1-2H3,(H,20,22). The second-order valence-corrected chi connectivity index (χ2v) is 7.99. The van der Waals surface area contributed by atoms with Gasteiger partial charge in [-0.25, -0.2) is 8.42 Å². The van der Waals surface area contributed by atoms with E-state index in [1.807, 2.05) is 0 Å². The highest BCUT2D eigenvalue weighted by Gasteiger charge is 2.20. The zero-order chi connectivity index (χ0) is 18.4. The molecule has 0 aliphatic rings. The van der Waals surface area contributed by atoms with E-state index >= 15 is 0 Å². The Morgan fingerprint density at radius 1 is 1.24 bits per heavy atom. The molecule has 0 bridgehead atoms. The molecule has 0 fully saturated rings. The van der Waals surface area contributed by atoms with Gasteiger partial charge in [0.2, 0.25) is 15.9 Å². The summed E-state index contributed by atoms with van der Waals surface area (Å²) in [6, 6.07) is 8.58. The molecule has 0 aliphatic heterocycles. The average Bonchev–Trinajstić information content (AvgIpc) is 2.54. The van der Waals surface area contributed by atoms with Crippen molar-refractivity contribution in [3.05, 3.63) is 58.9 Å². The molecule has 0 saturated carbocycles. The van der Waals surface area contributed by atoms with Crippen LogP contribution in [0, 0.1) is 6.92 Å². The van der Waals surface area contributed by atoms with E-state index in [9.17, 15) is 13.2 Å². The Kier molecular flexibility index (Phi) is 6.39. The zero-order valence-corrected chi connectivity index (χ0v) is 15.6. The summed E-state index contributed by atoms with van der Waals surface area (Å²) in [6.07, 6.45) is 4.47. The van der Waals surface area contributed by atoms with E-state index in [1.165, 1.54) is 4.31 Å². The minimum absolute atomic E-state index is 0.0558. The molecule has 25 heavy (non-hydrogen) atoms. The molecule has 1 heterocycles. The van der Waals surface area contributed by atoms with Crippen molar-refractivity contribution in [3.8, 4) is 0 Å². The van der Waals surface area contributed by atoms with Crippen molar-refractivity contribution >= 4 is 33.2 Å². The van der Waals surface area contributed by atoms with Gasteiger partial charge in [-0.1, -0.05) is 11.6 Å². The lowest BCUT2D eigenvalue weighted by Gasteiger charge is -2.24. The summed E-state index contributed by atoms with van der Waals surface area (Å²) in [7, 11) is -3.51. The Bertz CT molecular complexity index is 841. The van der Waals surface area contributed by atoms with Crippen molar-refractivity contribution in [1.82, 2.24) is 10.3 Å². The Labute approximate surface area is 152 Å². The maximum absolute atomic E-state index is 12.1. The molecular formula is C17H20ClN3O3S. The number of rotatable bonds is 7. The molecule has 1 N–H and O–H groups in total. The van der Waals surface area contributed by atoms with Crippen molar-refractivity contribution in [1.29, 1.82) is 0 Å². The summed E-state index contributed by atoms with van der Waals surface area (Å²) < 4.78 is 25.5. The maximum Gasteiger partial charge on any atom is 0.232 e. The molecule has 1 amide bonds. The summed E-state index contributed by atoms with van der Waals surface area (Å²) in [5, 5.41) is 3.30. The molecule has 134 valence electrons. The lowest BCUT2D eigenvalue weighted by Crippen LogP contribution is -2.35. The number of sulfonamides is 1. The number of benzene rings is 1. The molecule has 6 nitrogen and oxygen atoms in total. The fourth-order valence-corrected chi connectivity index (χ4v) is 3.57. The fraction of sp³-hybridized carbons (Fsp3) is 0.294. The van der Waals surface area contributed by atoms with Crippen LogP contribution in [0.3, 0.4) is 0 Å². The highest BCUT2D eigenvalue weighted by atomic mass is 35.5. The molecular weight excluding hydrogens is 362 g/mol. The van der Waals surface area contributed by atoms with Crippen LogP contribution < -0.4 is 9.62 Å². The summed E-state index contributed by atoms with van der Waals surface area (Å²) in [5.74, 6) is -0.225. The Balaban J connectivity index is 2.02. The monoisotopic (exact) mass is 381 g/mol. The number of nitrogens with zero attached hydrogens (tertiary/aromatic N) is 2. The topological polar surface area (TPSA) is 79.4 Å². The number of nitrogens with one attached hydrogen (secondary N) is 1. The number of hydrogen-bond acceptors (Lipinski definition) is 4. The summed E-state index contributed by atoms with van der Waals surface area (Å²) in [4.78, 5) is 16.0. The number of anilines is 1. The highest BCUT2D eigenvalue weighted by Crippen LogP contribution is 2.25. The smallest absolute Gasteiger partial charge is 0.232 e. The van der Waals surface area contributed by atoms with Crippen LogP contribution in [0.25, 0.3) is 0 Å². The summed E-state index contributed by atoms with van der Waals surface area (Å²) in [6.45, 7) is 2.21. The number of hydrogen-bond donors (Lipinski definition) is 1. The van der Waals surface area contributed by atoms with Crippen LogP contribution in [0.2, 0.25) is 5.02 Å². The van der Waals surface area contributed by atoms with Gasteiger partial charge < -0.3 is 5.32 Å². The van der Waals surface area contributed by atoms with Crippen LogP contribution in [0.4, 0.5) is 5.69 Å². The van der Waals surface area contributed by atoms with Gasteiger partial charge in [0.05, 0.1) is 11.9 Å². The van der Waals surface area contributed by atoms with E-state index < -0.39 is 10.0 Å². The van der Waals surface area contributed by atoms with Crippen LogP contribution >= 0.6 is 11.6 Å². The van der Waals surface area contributed by atoms with Crippen molar-refractivity contribution in [2.24, 2.45) is 0 Å². The van der Waals surface area contributed by atoms with Gasteiger partial charge in [-0.15, -0.1) is 0 Å². The lowest BCUT2D eigenvalue weighted by atomic mass is 10.2. The number of carbonyl (C=O) groups excluding carboxylic acids is 1.